The van der Waals surface area contributed by atoms with E-state index in [0.29, 0.717) is 10.4 Å². The molecule has 0 aromatic carbocycles. The summed E-state index contributed by atoms with van der Waals surface area (Å²) in [5, 5.41) is 17.6. The van der Waals surface area contributed by atoms with Crippen LogP contribution < -0.4 is 5.32 Å². The molecule has 0 atom stereocenters. The van der Waals surface area contributed by atoms with Gasteiger partial charge in [-0.25, -0.2) is 4.79 Å². The molecule has 2 rings (SSSR count). The number of amides is 1. The first-order valence-electron chi connectivity index (χ1n) is 8.05. The van der Waals surface area contributed by atoms with Gasteiger partial charge < -0.3 is 10.1 Å². The standard InChI is InChI=1S/C16H18N4O6S/c1-5-19-12(10(7-17-19)20(24)25)14(22)18-15-11(16(23)26-6-2)8(3)13(27-15)9(4)21/h7H,5-6H2,1-4H3,(H,18,22). The summed E-state index contributed by atoms with van der Waals surface area (Å²) >= 11 is 0.920. The molecule has 2 aromatic rings. The quantitative estimate of drug-likeness (QED) is 0.330. The molecule has 0 radical (unpaired) electrons. The Morgan fingerprint density at radius 1 is 1.37 bits per heavy atom. The number of nitro groups is 1. The zero-order valence-electron chi connectivity index (χ0n) is 15.2. The van der Waals surface area contributed by atoms with Crippen LogP contribution in [0.1, 0.15) is 56.9 Å². The van der Waals surface area contributed by atoms with Crippen molar-refractivity contribution in [3.8, 4) is 0 Å². The van der Waals surface area contributed by atoms with Gasteiger partial charge in [0.2, 0.25) is 5.69 Å². The van der Waals surface area contributed by atoms with Gasteiger partial charge in [0.1, 0.15) is 11.2 Å². The van der Waals surface area contributed by atoms with Gasteiger partial charge in [0.05, 0.1) is 22.0 Å². The molecule has 0 saturated heterocycles. The van der Waals surface area contributed by atoms with Gasteiger partial charge >= 0.3 is 11.7 Å². The predicted octanol–water partition coefficient (Wildman–Crippen LogP) is 2.81. The summed E-state index contributed by atoms with van der Waals surface area (Å²) in [6.07, 6.45) is 0.991. The maximum Gasteiger partial charge on any atom is 0.341 e. The van der Waals surface area contributed by atoms with E-state index >= 15 is 0 Å². The Morgan fingerprint density at radius 2 is 2.04 bits per heavy atom. The average Bonchev–Trinajstić information content (AvgIpc) is 3.16. The number of hydrogen-bond donors (Lipinski definition) is 1. The lowest BCUT2D eigenvalue weighted by Gasteiger charge is -2.08. The summed E-state index contributed by atoms with van der Waals surface area (Å²) in [5.74, 6) is -1.76. The Hall–Kier alpha value is -3.08. The number of Topliss-reactive ketones (excluding diaryl/α,β-unsaturated/α-hetero) is 1. The molecule has 0 bridgehead atoms. The molecule has 2 heterocycles. The van der Waals surface area contributed by atoms with Crippen LogP contribution in [0.3, 0.4) is 0 Å². The Labute approximate surface area is 158 Å². The van der Waals surface area contributed by atoms with Crippen molar-refractivity contribution in [1.82, 2.24) is 9.78 Å². The fraction of sp³-hybridized carbons (Fsp3) is 0.375. The van der Waals surface area contributed by atoms with Gasteiger partial charge in [-0.05, 0) is 33.3 Å². The summed E-state index contributed by atoms with van der Waals surface area (Å²) in [5.41, 5.74) is -0.245. The van der Waals surface area contributed by atoms with Crippen molar-refractivity contribution in [3.63, 3.8) is 0 Å². The number of carbonyl (C=O) groups excluding carboxylic acids is 3. The third-order valence-electron chi connectivity index (χ3n) is 3.70. The lowest BCUT2D eigenvalue weighted by Crippen LogP contribution is -2.20. The van der Waals surface area contributed by atoms with Crippen LogP contribution in [0, 0.1) is 17.0 Å². The van der Waals surface area contributed by atoms with Crippen LogP contribution in [0.4, 0.5) is 10.7 Å². The molecule has 1 amide bonds. The maximum atomic E-state index is 12.7. The molecule has 11 heteroatoms. The van der Waals surface area contributed by atoms with Crippen molar-refractivity contribution in [3.05, 3.63) is 38.0 Å². The Morgan fingerprint density at radius 3 is 2.56 bits per heavy atom. The van der Waals surface area contributed by atoms with Crippen LogP contribution in [0.15, 0.2) is 6.20 Å². The van der Waals surface area contributed by atoms with Crippen molar-refractivity contribution in [2.75, 3.05) is 11.9 Å². The molecule has 0 spiro atoms. The SMILES string of the molecule is CCOC(=O)c1c(NC(=O)c2c([N+](=O)[O-])cnn2CC)sc(C(C)=O)c1C. The van der Waals surface area contributed by atoms with Crippen LogP contribution in [-0.4, -0.2) is 39.0 Å². The number of anilines is 1. The van der Waals surface area contributed by atoms with E-state index in [1.54, 1.807) is 20.8 Å². The van der Waals surface area contributed by atoms with Crippen LogP contribution >= 0.6 is 11.3 Å². The lowest BCUT2D eigenvalue weighted by atomic mass is 10.1. The highest BCUT2D eigenvalue weighted by Crippen LogP contribution is 2.34. The minimum atomic E-state index is -0.803. The molecule has 0 aliphatic carbocycles. The topological polar surface area (TPSA) is 133 Å². The number of ketones is 1. The van der Waals surface area contributed by atoms with Crippen LogP contribution in [0.2, 0.25) is 0 Å². The second-order valence-corrected chi connectivity index (χ2v) is 6.46. The number of rotatable bonds is 7. The van der Waals surface area contributed by atoms with Crippen molar-refractivity contribution in [2.24, 2.45) is 0 Å². The van der Waals surface area contributed by atoms with Gasteiger partial charge in [-0.3, -0.25) is 24.4 Å². The summed E-state index contributed by atoms with van der Waals surface area (Å²) < 4.78 is 6.19. The van der Waals surface area contributed by atoms with Crippen molar-refractivity contribution in [2.45, 2.75) is 34.2 Å². The Balaban J connectivity index is 2.51. The van der Waals surface area contributed by atoms with Gasteiger partial charge in [-0.15, -0.1) is 11.3 Å². The zero-order valence-corrected chi connectivity index (χ0v) is 16.0. The normalized spacial score (nSPS) is 10.5. The molecule has 0 fully saturated rings. The third-order valence-corrected chi connectivity index (χ3v) is 5.01. The minimum Gasteiger partial charge on any atom is -0.462 e. The first kappa shape index (κ1) is 20.2. The number of thiophene rings is 1. The molecule has 27 heavy (non-hydrogen) atoms. The van der Waals surface area contributed by atoms with E-state index in [4.69, 9.17) is 4.74 Å². The number of nitrogens with zero attached hydrogens (tertiary/aromatic N) is 3. The van der Waals surface area contributed by atoms with E-state index in [9.17, 15) is 24.5 Å². The minimum absolute atomic E-state index is 0.0608. The van der Waals surface area contributed by atoms with Gasteiger partial charge in [0.25, 0.3) is 5.91 Å². The van der Waals surface area contributed by atoms with Gasteiger partial charge in [0.15, 0.2) is 5.78 Å². The number of ether oxygens (including phenoxy) is 1. The summed E-state index contributed by atoms with van der Waals surface area (Å²) in [6.45, 7) is 6.59. The monoisotopic (exact) mass is 394 g/mol. The van der Waals surface area contributed by atoms with Gasteiger partial charge in [0, 0.05) is 6.54 Å². The summed E-state index contributed by atoms with van der Waals surface area (Å²) in [6, 6.07) is 0. The number of aryl methyl sites for hydroxylation is 1. The fourth-order valence-corrected chi connectivity index (χ4v) is 3.62. The molecule has 0 unspecified atom stereocenters. The molecule has 0 saturated carbocycles. The Bertz CT molecular complexity index is 930. The van der Waals surface area contributed by atoms with Gasteiger partial charge in [-0.2, -0.15) is 5.10 Å². The summed E-state index contributed by atoms with van der Waals surface area (Å²) in [7, 11) is 0. The number of nitrogens with one attached hydrogen (secondary N) is 1. The van der Waals surface area contributed by atoms with E-state index in [-0.39, 0.29) is 35.2 Å². The smallest absolute Gasteiger partial charge is 0.341 e. The molecule has 2 aromatic heterocycles. The number of aromatic nitrogens is 2. The van der Waals surface area contributed by atoms with E-state index in [0.717, 1.165) is 17.5 Å². The molecule has 10 nitrogen and oxygen atoms in total. The highest BCUT2D eigenvalue weighted by atomic mass is 32.1. The molecule has 1 N–H and O–H groups in total. The van der Waals surface area contributed by atoms with Crippen LogP contribution in [0.5, 0.6) is 0 Å². The van der Waals surface area contributed by atoms with Crippen LogP contribution in [0.25, 0.3) is 0 Å². The maximum absolute atomic E-state index is 12.7. The third kappa shape index (κ3) is 3.87. The summed E-state index contributed by atoms with van der Waals surface area (Å²) in [4.78, 5) is 47.6. The number of hydrogen-bond acceptors (Lipinski definition) is 8. The molecular formula is C16H18N4O6S. The van der Waals surface area contributed by atoms with Gasteiger partial charge in [-0.1, -0.05) is 0 Å². The van der Waals surface area contributed by atoms with Crippen molar-refractivity contribution < 1.29 is 24.0 Å². The second-order valence-electron chi connectivity index (χ2n) is 5.44. The molecule has 0 aliphatic heterocycles. The van der Waals surface area contributed by atoms with E-state index in [1.165, 1.54) is 11.6 Å². The first-order valence-corrected chi connectivity index (χ1v) is 8.87. The molecular weight excluding hydrogens is 376 g/mol. The van der Waals surface area contributed by atoms with Crippen molar-refractivity contribution >= 4 is 39.7 Å². The molecule has 144 valence electrons. The average molecular weight is 394 g/mol. The lowest BCUT2D eigenvalue weighted by molar-refractivity contribution is -0.385. The zero-order chi connectivity index (χ0) is 20.3. The predicted molar refractivity (Wildman–Crippen MR) is 97.5 cm³/mol. The highest BCUT2D eigenvalue weighted by molar-refractivity contribution is 7.18. The number of carbonyl (C=O) groups is 3. The van der Waals surface area contributed by atoms with Crippen LogP contribution in [-0.2, 0) is 11.3 Å². The largest absolute Gasteiger partial charge is 0.462 e. The van der Waals surface area contributed by atoms with E-state index in [1.807, 2.05) is 0 Å². The molecule has 0 aliphatic rings. The highest BCUT2D eigenvalue weighted by Gasteiger charge is 2.30. The van der Waals surface area contributed by atoms with E-state index < -0.39 is 22.5 Å². The number of esters is 1. The first-order chi connectivity index (χ1) is 12.7. The van der Waals surface area contributed by atoms with Crippen molar-refractivity contribution in [1.29, 1.82) is 0 Å². The Kier molecular flexibility index (Phi) is 6.05. The fourth-order valence-electron chi connectivity index (χ4n) is 2.53. The van der Waals surface area contributed by atoms with E-state index in [2.05, 4.69) is 10.4 Å². The second kappa shape index (κ2) is 8.08.